The van der Waals surface area contributed by atoms with Gasteiger partial charge in [0.1, 0.15) is 5.75 Å². The van der Waals surface area contributed by atoms with E-state index in [2.05, 4.69) is 5.32 Å². The van der Waals surface area contributed by atoms with Crippen molar-refractivity contribution >= 4 is 23.2 Å². The number of aryl methyl sites for hydroxylation is 1. The molecule has 0 unspecified atom stereocenters. The normalized spacial score (nSPS) is 15.3. The lowest BCUT2D eigenvalue weighted by molar-refractivity contribution is -0.132. The minimum atomic E-state index is -0.946. The molecule has 1 aliphatic heterocycles. The smallest absolute Gasteiger partial charge is 0.270 e. The number of hydrogen-bond acceptors (Lipinski definition) is 3. The van der Waals surface area contributed by atoms with Crippen molar-refractivity contribution in [3.05, 3.63) is 54.1 Å². The summed E-state index contributed by atoms with van der Waals surface area (Å²) in [5.74, 6) is 0.397. The number of fused-ring (bicyclic) bond motifs is 1. The molecule has 2 aromatic carbocycles. The van der Waals surface area contributed by atoms with Crippen LogP contribution in [0.2, 0.25) is 0 Å². The standard InChI is InChI=1S/C20H22N2O3/c1-14-9-10-17-16(13-14)22(19(24)20(2,3)25-17)12-11-18(23)21-15-7-5-4-6-8-15/h4-10,13H,11-12H2,1-3H3,(H,21,23). The van der Waals surface area contributed by atoms with E-state index in [9.17, 15) is 9.59 Å². The third-order valence-electron chi connectivity index (χ3n) is 4.15. The number of amides is 2. The van der Waals surface area contributed by atoms with Crippen LogP contribution in [0.5, 0.6) is 5.75 Å². The average Bonchev–Trinajstić information content (AvgIpc) is 2.57. The quantitative estimate of drug-likeness (QED) is 0.928. The van der Waals surface area contributed by atoms with Gasteiger partial charge in [-0.3, -0.25) is 9.59 Å². The molecule has 0 bridgehead atoms. The lowest BCUT2D eigenvalue weighted by atomic mass is 10.0. The number of benzene rings is 2. The highest BCUT2D eigenvalue weighted by molar-refractivity contribution is 6.03. The van der Waals surface area contributed by atoms with Crippen molar-refractivity contribution in [2.75, 3.05) is 16.8 Å². The van der Waals surface area contributed by atoms with Crippen molar-refractivity contribution in [1.29, 1.82) is 0 Å². The Morgan fingerprint density at radius 1 is 1.16 bits per heavy atom. The molecule has 1 N–H and O–H groups in total. The number of para-hydroxylation sites is 1. The van der Waals surface area contributed by atoms with E-state index in [-0.39, 0.29) is 18.2 Å². The van der Waals surface area contributed by atoms with Gasteiger partial charge in [0.2, 0.25) is 5.91 Å². The number of nitrogens with one attached hydrogen (secondary N) is 1. The van der Waals surface area contributed by atoms with Crippen molar-refractivity contribution in [1.82, 2.24) is 0 Å². The number of carbonyl (C=O) groups excluding carboxylic acids is 2. The first-order valence-electron chi connectivity index (χ1n) is 8.33. The summed E-state index contributed by atoms with van der Waals surface area (Å²) in [5.41, 5.74) is 1.56. The van der Waals surface area contributed by atoms with Crippen LogP contribution in [0.4, 0.5) is 11.4 Å². The molecule has 130 valence electrons. The maximum absolute atomic E-state index is 12.8. The first-order valence-corrected chi connectivity index (χ1v) is 8.33. The number of nitrogens with zero attached hydrogens (tertiary/aromatic N) is 1. The molecule has 0 saturated carbocycles. The third kappa shape index (κ3) is 3.65. The number of hydrogen-bond donors (Lipinski definition) is 1. The number of carbonyl (C=O) groups is 2. The van der Waals surface area contributed by atoms with E-state index in [1.54, 1.807) is 18.7 Å². The fraction of sp³-hybridized carbons (Fsp3) is 0.300. The zero-order valence-electron chi connectivity index (χ0n) is 14.7. The Bertz CT molecular complexity index is 800. The van der Waals surface area contributed by atoms with E-state index in [1.807, 2.05) is 55.5 Å². The molecule has 0 atom stereocenters. The summed E-state index contributed by atoms with van der Waals surface area (Å²) in [6.07, 6.45) is 0.212. The maximum Gasteiger partial charge on any atom is 0.270 e. The number of ether oxygens (including phenoxy) is 1. The van der Waals surface area contributed by atoms with Gasteiger partial charge in [-0.2, -0.15) is 0 Å². The minimum absolute atomic E-state index is 0.127. The first-order chi connectivity index (χ1) is 11.9. The van der Waals surface area contributed by atoms with E-state index in [0.717, 1.165) is 16.9 Å². The van der Waals surface area contributed by atoms with Gasteiger partial charge in [-0.15, -0.1) is 0 Å². The van der Waals surface area contributed by atoms with Crippen LogP contribution < -0.4 is 15.0 Å². The van der Waals surface area contributed by atoms with E-state index in [1.165, 1.54) is 0 Å². The number of anilines is 2. The van der Waals surface area contributed by atoms with Crippen LogP contribution in [0.15, 0.2) is 48.5 Å². The average molecular weight is 338 g/mol. The molecule has 2 aromatic rings. The zero-order chi connectivity index (χ0) is 18.0. The van der Waals surface area contributed by atoms with Crippen LogP contribution in [-0.2, 0) is 9.59 Å². The molecule has 0 radical (unpaired) electrons. The molecule has 2 amide bonds. The van der Waals surface area contributed by atoms with Crippen LogP contribution in [-0.4, -0.2) is 24.0 Å². The predicted molar refractivity (Wildman–Crippen MR) is 97.9 cm³/mol. The van der Waals surface area contributed by atoms with E-state index in [0.29, 0.717) is 12.3 Å². The van der Waals surface area contributed by atoms with E-state index >= 15 is 0 Å². The van der Waals surface area contributed by atoms with Gasteiger partial charge in [0.25, 0.3) is 5.91 Å². The Hall–Kier alpha value is -2.82. The minimum Gasteiger partial charge on any atom is -0.476 e. The van der Waals surface area contributed by atoms with Crippen LogP contribution in [0.3, 0.4) is 0 Å². The summed E-state index contributed by atoms with van der Waals surface area (Å²) in [5, 5.41) is 2.84. The maximum atomic E-state index is 12.8. The molecule has 5 heteroatoms. The molecular weight excluding hydrogens is 316 g/mol. The fourth-order valence-corrected chi connectivity index (χ4v) is 2.86. The van der Waals surface area contributed by atoms with E-state index < -0.39 is 5.60 Å². The molecule has 25 heavy (non-hydrogen) atoms. The Morgan fingerprint density at radius 3 is 2.60 bits per heavy atom. The van der Waals surface area contributed by atoms with Crippen LogP contribution >= 0.6 is 0 Å². The zero-order valence-corrected chi connectivity index (χ0v) is 14.7. The Balaban J connectivity index is 1.75. The molecular formula is C20H22N2O3. The van der Waals surface area contributed by atoms with Crippen molar-refractivity contribution in [2.24, 2.45) is 0 Å². The van der Waals surface area contributed by atoms with Gasteiger partial charge in [0, 0.05) is 18.7 Å². The van der Waals surface area contributed by atoms with Gasteiger partial charge in [0.15, 0.2) is 5.60 Å². The van der Waals surface area contributed by atoms with Crippen molar-refractivity contribution in [3.63, 3.8) is 0 Å². The highest BCUT2D eigenvalue weighted by Gasteiger charge is 2.40. The van der Waals surface area contributed by atoms with Gasteiger partial charge < -0.3 is 15.0 Å². The second-order valence-electron chi connectivity index (χ2n) is 6.70. The van der Waals surface area contributed by atoms with Crippen LogP contribution in [0.25, 0.3) is 0 Å². The summed E-state index contributed by atoms with van der Waals surface area (Å²) >= 11 is 0. The second-order valence-corrected chi connectivity index (χ2v) is 6.70. The van der Waals surface area contributed by atoms with E-state index in [4.69, 9.17) is 4.74 Å². The molecule has 1 aliphatic rings. The van der Waals surface area contributed by atoms with Gasteiger partial charge >= 0.3 is 0 Å². The van der Waals surface area contributed by atoms with Crippen molar-refractivity contribution < 1.29 is 14.3 Å². The SMILES string of the molecule is Cc1ccc2c(c1)N(CCC(=O)Nc1ccccc1)C(=O)C(C)(C)O2. The highest BCUT2D eigenvalue weighted by Crippen LogP contribution is 2.38. The molecule has 0 aromatic heterocycles. The summed E-state index contributed by atoms with van der Waals surface area (Å²) in [4.78, 5) is 26.6. The Morgan fingerprint density at radius 2 is 1.88 bits per heavy atom. The van der Waals surface area contributed by atoms with Crippen LogP contribution in [0.1, 0.15) is 25.8 Å². The van der Waals surface area contributed by atoms with Crippen molar-refractivity contribution in [3.8, 4) is 5.75 Å². The van der Waals surface area contributed by atoms with Gasteiger partial charge in [0.05, 0.1) is 5.69 Å². The lowest BCUT2D eigenvalue weighted by Gasteiger charge is -2.38. The monoisotopic (exact) mass is 338 g/mol. The lowest BCUT2D eigenvalue weighted by Crippen LogP contribution is -2.53. The van der Waals surface area contributed by atoms with Gasteiger partial charge in [-0.1, -0.05) is 24.3 Å². The van der Waals surface area contributed by atoms with Gasteiger partial charge in [-0.05, 0) is 50.6 Å². The van der Waals surface area contributed by atoms with Gasteiger partial charge in [-0.25, -0.2) is 0 Å². The highest BCUT2D eigenvalue weighted by atomic mass is 16.5. The molecule has 1 heterocycles. The molecule has 0 aliphatic carbocycles. The third-order valence-corrected chi connectivity index (χ3v) is 4.15. The summed E-state index contributed by atoms with van der Waals surface area (Å²) < 4.78 is 5.83. The van der Waals surface area contributed by atoms with Crippen molar-refractivity contribution in [2.45, 2.75) is 32.8 Å². The molecule has 3 rings (SSSR count). The second kappa shape index (κ2) is 6.59. The molecule has 0 saturated heterocycles. The summed E-state index contributed by atoms with van der Waals surface area (Å²) in [6.45, 7) is 5.76. The summed E-state index contributed by atoms with van der Waals surface area (Å²) in [6, 6.07) is 15.0. The molecule has 5 nitrogen and oxygen atoms in total. The van der Waals surface area contributed by atoms with Crippen LogP contribution in [0, 0.1) is 6.92 Å². The first kappa shape index (κ1) is 17.0. The number of rotatable bonds is 4. The predicted octanol–water partition coefficient (Wildman–Crippen LogP) is 3.53. The Kier molecular flexibility index (Phi) is 4.49. The fourth-order valence-electron chi connectivity index (χ4n) is 2.86. The molecule has 0 fully saturated rings. The molecule has 0 spiro atoms. The Labute approximate surface area is 147 Å². The topological polar surface area (TPSA) is 58.6 Å². The largest absolute Gasteiger partial charge is 0.476 e. The summed E-state index contributed by atoms with van der Waals surface area (Å²) in [7, 11) is 0.